The molecule has 10 nitrogen and oxygen atoms in total. The van der Waals surface area contributed by atoms with Crippen LogP contribution in [-0.2, 0) is 19.0 Å². The molecule has 0 aliphatic heterocycles. The molecule has 0 heterocycles. The number of rotatable bonds is 0. The fourth-order valence-corrected chi connectivity index (χ4v) is 0. The van der Waals surface area contributed by atoms with Crippen molar-refractivity contribution in [3.8, 4) is 0 Å². The van der Waals surface area contributed by atoms with Gasteiger partial charge in [0, 0.05) is 0 Å². The summed E-state index contributed by atoms with van der Waals surface area (Å²) in [6.45, 7) is 0. The Morgan fingerprint density at radius 1 is 0.438 bits per heavy atom. The Labute approximate surface area is 145 Å². The van der Waals surface area contributed by atoms with E-state index in [2.05, 4.69) is 0 Å². The first-order valence-electron chi connectivity index (χ1n) is 2.47. The molecular weight excluding hydrogens is 318 g/mol. The van der Waals surface area contributed by atoms with Gasteiger partial charge in [0.1, 0.15) is 0 Å². The Morgan fingerprint density at radius 2 is 0.438 bits per heavy atom. The molecule has 0 spiro atoms. The molecule has 0 aromatic rings. The second-order valence-corrected chi connectivity index (χ2v) is 1.58. The summed E-state index contributed by atoms with van der Waals surface area (Å²) in [5.74, 6) is 0. The molecular formula is H6Al5NaO10. The molecule has 0 unspecified atom stereocenters. The Balaban J connectivity index is -0.0000000192. The molecule has 16 heavy (non-hydrogen) atoms. The Kier molecular flexibility index (Phi) is 208. The summed E-state index contributed by atoms with van der Waals surface area (Å²) in [4.78, 5) is 0. The normalized spacial score (nSPS) is 2.50. The minimum atomic E-state index is -1.50. The number of hydrogen-bond acceptors (Lipinski definition) is 5. The van der Waals surface area contributed by atoms with Gasteiger partial charge in [-0.05, 0) is 0 Å². The van der Waals surface area contributed by atoms with Crippen molar-refractivity contribution in [3.63, 3.8) is 0 Å². The van der Waals surface area contributed by atoms with Crippen molar-refractivity contribution in [3.05, 3.63) is 0 Å². The Hall–Kier alpha value is 1.66. The van der Waals surface area contributed by atoms with E-state index in [1.807, 2.05) is 0 Å². The third kappa shape index (κ3) is 1220. The van der Waals surface area contributed by atoms with Crippen molar-refractivity contribution in [1.29, 1.82) is 0 Å². The van der Waals surface area contributed by atoms with E-state index in [4.69, 9.17) is 39.8 Å². The van der Waals surface area contributed by atoms with Crippen LogP contribution in [0.1, 0.15) is 0 Å². The van der Waals surface area contributed by atoms with Gasteiger partial charge in [-0.25, -0.2) is 0 Å². The molecule has 0 bridgehead atoms. The van der Waals surface area contributed by atoms with Crippen LogP contribution in [0.25, 0.3) is 0 Å². The van der Waals surface area contributed by atoms with Crippen molar-refractivity contribution in [2.75, 3.05) is 0 Å². The molecule has 0 atom stereocenters. The van der Waals surface area contributed by atoms with Gasteiger partial charge >= 0.3 is 147 Å². The SMILES string of the molecule is [NaH].[O]=[Al][OH].[O]=[Al][OH].[O]=[Al][OH].[O]=[Al][OH].[O]=[Al][OH]. The van der Waals surface area contributed by atoms with E-state index >= 15 is 0 Å². The summed E-state index contributed by atoms with van der Waals surface area (Å²) >= 11 is -7.50. The van der Waals surface area contributed by atoms with Crippen molar-refractivity contribution in [1.82, 2.24) is 0 Å². The van der Waals surface area contributed by atoms with Gasteiger partial charge in [-0.3, -0.25) is 0 Å². The first-order valence-corrected chi connectivity index (χ1v) is 7.41. The summed E-state index contributed by atoms with van der Waals surface area (Å²) in [6.07, 6.45) is 0. The van der Waals surface area contributed by atoms with Crippen LogP contribution in [0, 0.1) is 0 Å². The topological polar surface area (TPSA) is 186 Å². The van der Waals surface area contributed by atoms with Crippen molar-refractivity contribution >= 4 is 107 Å². The molecule has 5 N–H and O–H groups in total. The third-order valence-electron chi connectivity index (χ3n) is 0. The fraction of sp³-hybridized carbons (Fsp3) is 0. The molecule has 0 aliphatic rings. The molecule has 16 heteroatoms. The minimum absolute atomic E-state index is 0. The van der Waals surface area contributed by atoms with Crippen LogP contribution in [0.2, 0.25) is 0 Å². The van der Waals surface area contributed by atoms with Crippen molar-refractivity contribution in [2.24, 2.45) is 0 Å². The van der Waals surface area contributed by atoms with Crippen LogP contribution >= 0.6 is 0 Å². The summed E-state index contributed by atoms with van der Waals surface area (Å²) in [5, 5.41) is 0. The summed E-state index contributed by atoms with van der Waals surface area (Å²) in [6, 6.07) is 0. The average Bonchev–Trinajstić information content (AvgIpc) is 2.09. The van der Waals surface area contributed by atoms with Gasteiger partial charge in [-0.15, -0.1) is 0 Å². The zero-order valence-corrected chi connectivity index (χ0v) is 12.9. The quantitative estimate of drug-likeness (QED) is 0.268. The fourth-order valence-electron chi connectivity index (χ4n) is 0. The molecule has 0 radical (unpaired) electrons. The van der Waals surface area contributed by atoms with Gasteiger partial charge in [0.05, 0.1) is 0 Å². The Bertz CT molecular complexity index is 91.5. The molecule has 0 saturated heterocycles. The van der Waals surface area contributed by atoms with E-state index < -0.39 is 77.4 Å². The van der Waals surface area contributed by atoms with Crippen molar-refractivity contribution in [2.45, 2.75) is 0 Å². The predicted molar refractivity (Wildman–Crippen MR) is 50.4 cm³/mol. The maximum absolute atomic E-state index is 8.57. The molecule has 0 fully saturated rings. The van der Waals surface area contributed by atoms with E-state index in [9.17, 15) is 0 Å². The first kappa shape index (κ1) is 36.1. The van der Waals surface area contributed by atoms with Gasteiger partial charge in [-0.1, -0.05) is 0 Å². The van der Waals surface area contributed by atoms with Crippen LogP contribution in [0.4, 0.5) is 0 Å². The van der Waals surface area contributed by atoms with Gasteiger partial charge in [0.25, 0.3) is 0 Å². The molecule has 0 aliphatic carbocycles. The maximum atomic E-state index is 8.57. The second kappa shape index (κ2) is 92.1. The van der Waals surface area contributed by atoms with E-state index in [-0.39, 0.29) is 29.6 Å². The van der Waals surface area contributed by atoms with E-state index in [1.54, 1.807) is 0 Å². The molecule has 0 aromatic heterocycles. The summed E-state index contributed by atoms with van der Waals surface area (Å²) in [5.41, 5.74) is 0. The molecule has 0 rings (SSSR count). The van der Waals surface area contributed by atoms with E-state index in [1.165, 1.54) is 0 Å². The van der Waals surface area contributed by atoms with Gasteiger partial charge in [-0.2, -0.15) is 0 Å². The van der Waals surface area contributed by atoms with E-state index in [0.29, 0.717) is 0 Å². The van der Waals surface area contributed by atoms with E-state index in [0.717, 1.165) is 0 Å². The van der Waals surface area contributed by atoms with Gasteiger partial charge < -0.3 is 0 Å². The van der Waals surface area contributed by atoms with Crippen LogP contribution < -0.4 is 0 Å². The monoisotopic (exact) mass is 324 g/mol. The van der Waals surface area contributed by atoms with Crippen LogP contribution in [-0.4, -0.2) is 128 Å². The first-order chi connectivity index (χ1) is 7.07. The van der Waals surface area contributed by atoms with Crippen molar-refractivity contribution < 1.29 is 39.8 Å². The number of hydrogen-bond donors (Lipinski definition) is 5. The van der Waals surface area contributed by atoms with Crippen LogP contribution in [0.15, 0.2) is 0 Å². The average molecular weight is 324 g/mol. The zero-order valence-electron chi connectivity index (χ0n) is 7.16. The van der Waals surface area contributed by atoms with Crippen LogP contribution in [0.5, 0.6) is 0 Å². The molecule has 0 aromatic carbocycles. The zero-order chi connectivity index (χ0) is 13.5. The molecule has 0 saturated carbocycles. The second-order valence-electron chi connectivity index (χ2n) is 0.527. The van der Waals surface area contributed by atoms with Crippen LogP contribution in [0.3, 0.4) is 0 Å². The molecule has 0 amide bonds. The third-order valence-corrected chi connectivity index (χ3v) is 0. The van der Waals surface area contributed by atoms with Gasteiger partial charge in [0.15, 0.2) is 0 Å². The Morgan fingerprint density at radius 3 is 0.438 bits per heavy atom. The standard InChI is InChI=1S/5Al.Na.5H2O.5O.H/h;;;;;;5*1H2;;;;;;/q5*+1;;;;;;;;;;;;/p-5. The van der Waals surface area contributed by atoms with Gasteiger partial charge in [0.2, 0.25) is 0 Å². The molecule has 82 valence electrons. The predicted octanol–water partition coefficient (Wildman–Crippen LogP) is -5.93. The summed E-state index contributed by atoms with van der Waals surface area (Å²) < 4.78 is 78.3. The summed E-state index contributed by atoms with van der Waals surface area (Å²) in [7, 11) is 0.